The molecule has 0 fully saturated rings. The summed E-state index contributed by atoms with van der Waals surface area (Å²) in [5.74, 6) is -0.484. The Balaban J connectivity index is 2.15. The quantitative estimate of drug-likeness (QED) is 0.898. The molecule has 0 bridgehead atoms. The van der Waals surface area contributed by atoms with Crippen molar-refractivity contribution in [2.75, 3.05) is 5.32 Å². The van der Waals surface area contributed by atoms with Gasteiger partial charge >= 0.3 is 0 Å². The first-order valence-corrected chi connectivity index (χ1v) is 6.75. The Morgan fingerprint density at radius 2 is 2.00 bits per heavy atom. The summed E-state index contributed by atoms with van der Waals surface area (Å²) in [4.78, 5) is 0. The Morgan fingerprint density at radius 1 is 1.25 bits per heavy atom. The standard InChI is InChI=1S/C15H12BrFN2O/c16-14-12(7-18)4-5-13(15(14)17)19-8-10-2-1-3-11(6-10)9-20/h1-6,19-20H,8-9H2. The van der Waals surface area contributed by atoms with Gasteiger partial charge in [0.1, 0.15) is 6.07 Å². The smallest absolute Gasteiger partial charge is 0.161 e. The Morgan fingerprint density at radius 3 is 2.70 bits per heavy atom. The zero-order valence-corrected chi connectivity index (χ0v) is 12.1. The molecule has 0 atom stereocenters. The van der Waals surface area contributed by atoms with Gasteiger partial charge in [0.15, 0.2) is 5.82 Å². The summed E-state index contributed by atoms with van der Waals surface area (Å²) in [6.45, 7) is 0.410. The molecular weight excluding hydrogens is 323 g/mol. The first-order valence-electron chi connectivity index (χ1n) is 5.96. The second-order valence-corrected chi connectivity index (χ2v) is 5.03. The molecule has 0 heterocycles. The van der Waals surface area contributed by atoms with Crippen molar-refractivity contribution < 1.29 is 9.50 Å². The van der Waals surface area contributed by atoms with Gasteiger partial charge in [-0.3, -0.25) is 0 Å². The molecule has 0 saturated carbocycles. The first-order chi connectivity index (χ1) is 9.65. The monoisotopic (exact) mass is 334 g/mol. The van der Waals surface area contributed by atoms with E-state index >= 15 is 0 Å². The minimum absolute atomic E-state index is 0.0232. The Hall–Kier alpha value is -1.90. The normalized spacial score (nSPS) is 10.1. The molecule has 0 amide bonds. The van der Waals surface area contributed by atoms with Crippen molar-refractivity contribution in [1.82, 2.24) is 0 Å². The lowest BCUT2D eigenvalue weighted by Crippen LogP contribution is -2.03. The number of nitrogens with one attached hydrogen (secondary N) is 1. The van der Waals surface area contributed by atoms with Gasteiger partial charge in [-0.25, -0.2) is 4.39 Å². The topological polar surface area (TPSA) is 56.0 Å². The van der Waals surface area contributed by atoms with Crippen LogP contribution in [0.1, 0.15) is 16.7 Å². The van der Waals surface area contributed by atoms with Crippen LogP contribution in [-0.2, 0) is 13.2 Å². The van der Waals surface area contributed by atoms with Gasteiger partial charge < -0.3 is 10.4 Å². The van der Waals surface area contributed by atoms with Crippen molar-refractivity contribution in [2.24, 2.45) is 0 Å². The summed E-state index contributed by atoms with van der Waals surface area (Å²) in [6.07, 6.45) is 0. The van der Waals surface area contributed by atoms with Gasteiger partial charge in [0.2, 0.25) is 0 Å². The molecule has 0 spiro atoms. The van der Waals surface area contributed by atoms with Gasteiger partial charge in [-0.15, -0.1) is 0 Å². The van der Waals surface area contributed by atoms with Crippen LogP contribution in [0.3, 0.4) is 0 Å². The lowest BCUT2D eigenvalue weighted by Gasteiger charge is -2.10. The molecule has 20 heavy (non-hydrogen) atoms. The van der Waals surface area contributed by atoms with E-state index in [2.05, 4.69) is 21.2 Å². The van der Waals surface area contributed by atoms with Crippen LogP contribution in [-0.4, -0.2) is 5.11 Å². The number of anilines is 1. The highest BCUT2D eigenvalue weighted by Gasteiger charge is 2.10. The van der Waals surface area contributed by atoms with Gasteiger partial charge in [0, 0.05) is 6.54 Å². The average molecular weight is 335 g/mol. The van der Waals surface area contributed by atoms with Crippen molar-refractivity contribution >= 4 is 21.6 Å². The van der Waals surface area contributed by atoms with Crippen LogP contribution in [0.15, 0.2) is 40.9 Å². The molecule has 5 heteroatoms. The second kappa shape index (κ2) is 6.51. The lowest BCUT2D eigenvalue weighted by atomic mass is 10.1. The summed E-state index contributed by atoms with van der Waals surface area (Å²) >= 11 is 3.07. The third-order valence-corrected chi connectivity index (χ3v) is 3.63. The van der Waals surface area contributed by atoms with E-state index in [1.807, 2.05) is 30.3 Å². The molecule has 0 radical (unpaired) electrons. The molecule has 0 aromatic heterocycles. The number of aliphatic hydroxyl groups is 1. The molecule has 2 N–H and O–H groups in total. The lowest BCUT2D eigenvalue weighted by molar-refractivity contribution is 0.281. The predicted octanol–water partition coefficient (Wildman–Crippen LogP) is 3.56. The number of aliphatic hydroxyl groups excluding tert-OH is 1. The van der Waals surface area contributed by atoms with Crippen molar-refractivity contribution in [3.8, 4) is 6.07 Å². The summed E-state index contributed by atoms with van der Waals surface area (Å²) in [5.41, 5.74) is 2.34. The maximum atomic E-state index is 14.0. The van der Waals surface area contributed by atoms with Crippen LogP contribution in [0.2, 0.25) is 0 Å². The maximum absolute atomic E-state index is 14.0. The van der Waals surface area contributed by atoms with Crippen LogP contribution in [0, 0.1) is 17.1 Å². The van der Waals surface area contributed by atoms with Crippen LogP contribution in [0.5, 0.6) is 0 Å². The zero-order valence-electron chi connectivity index (χ0n) is 10.5. The Kier molecular flexibility index (Phi) is 4.72. The highest BCUT2D eigenvalue weighted by Crippen LogP contribution is 2.26. The molecule has 102 valence electrons. The second-order valence-electron chi connectivity index (χ2n) is 4.23. The third-order valence-electron chi connectivity index (χ3n) is 2.86. The van der Waals surface area contributed by atoms with Crippen LogP contribution in [0.4, 0.5) is 10.1 Å². The number of hydrogen-bond donors (Lipinski definition) is 2. The van der Waals surface area contributed by atoms with E-state index in [0.29, 0.717) is 12.2 Å². The molecular formula is C15H12BrFN2O. The molecule has 3 nitrogen and oxygen atoms in total. The minimum Gasteiger partial charge on any atom is -0.392 e. The van der Waals surface area contributed by atoms with Gasteiger partial charge in [0.25, 0.3) is 0 Å². The van der Waals surface area contributed by atoms with E-state index in [9.17, 15) is 4.39 Å². The SMILES string of the molecule is N#Cc1ccc(NCc2cccc(CO)c2)c(F)c1Br. The third kappa shape index (κ3) is 3.16. The van der Waals surface area contributed by atoms with Crippen LogP contribution < -0.4 is 5.32 Å². The molecule has 0 aliphatic rings. The predicted molar refractivity (Wildman–Crippen MR) is 78.5 cm³/mol. The summed E-state index contributed by atoms with van der Waals surface area (Å²) in [5, 5.41) is 20.9. The molecule has 2 aromatic rings. The fourth-order valence-corrected chi connectivity index (χ4v) is 2.24. The molecule has 0 saturated heterocycles. The van der Waals surface area contributed by atoms with Crippen molar-refractivity contribution in [3.63, 3.8) is 0 Å². The fraction of sp³-hybridized carbons (Fsp3) is 0.133. The molecule has 0 aliphatic heterocycles. The number of nitriles is 1. The van der Waals surface area contributed by atoms with Gasteiger partial charge in [-0.1, -0.05) is 24.3 Å². The maximum Gasteiger partial charge on any atom is 0.161 e. The van der Waals surface area contributed by atoms with E-state index in [1.165, 1.54) is 6.07 Å². The molecule has 2 aromatic carbocycles. The summed E-state index contributed by atoms with van der Waals surface area (Å²) in [6, 6.07) is 12.4. The highest BCUT2D eigenvalue weighted by molar-refractivity contribution is 9.10. The van der Waals surface area contributed by atoms with Crippen molar-refractivity contribution in [3.05, 3.63) is 63.4 Å². The Bertz CT molecular complexity index is 667. The number of nitrogens with zero attached hydrogens (tertiary/aromatic N) is 1. The number of benzene rings is 2. The van der Waals surface area contributed by atoms with E-state index in [-0.39, 0.29) is 16.6 Å². The van der Waals surface area contributed by atoms with E-state index in [1.54, 1.807) is 6.07 Å². The van der Waals surface area contributed by atoms with E-state index in [4.69, 9.17) is 10.4 Å². The molecule has 0 aliphatic carbocycles. The summed E-state index contributed by atoms with van der Waals surface area (Å²) in [7, 11) is 0. The highest BCUT2D eigenvalue weighted by atomic mass is 79.9. The van der Waals surface area contributed by atoms with Crippen molar-refractivity contribution in [1.29, 1.82) is 5.26 Å². The van der Waals surface area contributed by atoms with Crippen molar-refractivity contribution in [2.45, 2.75) is 13.2 Å². The number of halogens is 2. The fourth-order valence-electron chi connectivity index (χ4n) is 1.81. The average Bonchev–Trinajstić information content (AvgIpc) is 2.49. The van der Waals surface area contributed by atoms with E-state index in [0.717, 1.165) is 11.1 Å². The first kappa shape index (κ1) is 14.5. The molecule has 0 unspecified atom stereocenters. The zero-order chi connectivity index (χ0) is 14.5. The van der Waals surface area contributed by atoms with Crippen LogP contribution in [0.25, 0.3) is 0 Å². The minimum atomic E-state index is -0.484. The van der Waals surface area contributed by atoms with Crippen LogP contribution >= 0.6 is 15.9 Å². The summed E-state index contributed by atoms with van der Waals surface area (Å²) < 4.78 is 14.2. The van der Waals surface area contributed by atoms with Gasteiger partial charge in [-0.05, 0) is 39.2 Å². The number of hydrogen-bond acceptors (Lipinski definition) is 3. The van der Waals surface area contributed by atoms with Gasteiger partial charge in [-0.2, -0.15) is 5.26 Å². The van der Waals surface area contributed by atoms with E-state index < -0.39 is 5.82 Å². The Labute approximate surface area is 124 Å². The molecule has 2 rings (SSSR count). The van der Waals surface area contributed by atoms with Gasteiger partial charge in [0.05, 0.1) is 22.3 Å². The largest absolute Gasteiger partial charge is 0.392 e. The number of rotatable bonds is 4.